The van der Waals surface area contributed by atoms with Gasteiger partial charge in [-0.2, -0.15) is 0 Å². The number of carbonyl (C=O) groups is 1. The molecule has 2 atom stereocenters. The standard InChI is InChI=1S/C13H16N2O2S/c16-13(17)11(12-14-5-6-18-12)15-7-9-3-1-2-4-10(9)8-15/h1-4,11-12,14H,5-8H2,(H,16,17)/t11-,12-/m0/s1. The smallest absolute Gasteiger partial charge is 0.323 e. The van der Waals surface area contributed by atoms with Crippen molar-refractivity contribution in [2.45, 2.75) is 24.5 Å². The van der Waals surface area contributed by atoms with Crippen LogP contribution >= 0.6 is 11.8 Å². The molecule has 1 saturated heterocycles. The molecule has 0 radical (unpaired) electrons. The highest BCUT2D eigenvalue weighted by molar-refractivity contribution is 8.00. The third kappa shape index (κ3) is 2.13. The van der Waals surface area contributed by atoms with Crippen molar-refractivity contribution in [2.24, 2.45) is 0 Å². The number of aliphatic carboxylic acids is 1. The lowest BCUT2D eigenvalue weighted by Gasteiger charge is -2.28. The van der Waals surface area contributed by atoms with E-state index < -0.39 is 12.0 Å². The number of rotatable bonds is 3. The molecule has 0 aromatic heterocycles. The Hall–Kier alpha value is -1.04. The Morgan fingerprint density at radius 1 is 1.39 bits per heavy atom. The Bertz CT molecular complexity index is 435. The van der Waals surface area contributed by atoms with Crippen molar-refractivity contribution in [3.05, 3.63) is 35.4 Å². The SMILES string of the molecule is O=C(O)[C@H]([C@H]1NCCS1)N1Cc2ccccc2C1. The lowest BCUT2D eigenvalue weighted by atomic mass is 10.1. The van der Waals surface area contributed by atoms with Crippen LogP contribution in [0.2, 0.25) is 0 Å². The molecule has 0 unspecified atom stereocenters. The van der Waals surface area contributed by atoms with E-state index in [4.69, 9.17) is 0 Å². The van der Waals surface area contributed by atoms with E-state index in [9.17, 15) is 9.90 Å². The number of hydrogen-bond acceptors (Lipinski definition) is 4. The zero-order valence-electron chi connectivity index (χ0n) is 10.0. The highest BCUT2D eigenvalue weighted by Crippen LogP contribution is 2.29. The number of thioether (sulfide) groups is 1. The fourth-order valence-electron chi connectivity index (χ4n) is 2.68. The molecule has 18 heavy (non-hydrogen) atoms. The Morgan fingerprint density at radius 2 is 2.06 bits per heavy atom. The number of benzene rings is 1. The average Bonchev–Trinajstić information content (AvgIpc) is 2.97. The molecule has 3 rings (SSSR count). The molecule has 4 nitrogen and oxygen atoms in total. The summed E-state index contributed by atoms with van der Waals surface area (Å²) in [5.74, 6) is 0.268. The zero-order valence-corrected chi connectivity index (χ0v) is 10.8. The van der Waals surface area contributed by atoms with E-state index in [0.29, 0.717) is 0 Å². The zero-order chi connectivity index (χ0) is 12.5. The van der Waals surface area contributed by atoms with Gasteiger partial charge < -0.3 is 10.4 Å². The summed E-state index contributed by atoms with van der Waals surface area (Å²) in [6, 6.07) is 7.76. The number of nitrogens with zero attached hydrogens (tertiary/aromatic N) is 1. The van der Waals surface area contributed by atoms with Crippen LogP contribution in [0.25, 0.3) is 0 Å². The average molecular weight is 264 g/mol. The molecule has 2 aliphatic rings. The van der Waals surface area contributed by atoms with E-state index in [1.807, 2.05) is 12.1 Å². The third-order valence-corrected chi connectivity index (χ3v) is 4.77. The Balaban J connectivity index is 1.79. The lowest BCUT2D eigenvalue weighted by Crippen LogP contribution is -2.49. The minimum Gasteiger partial charge on any atom is -0.480 e. The van der Waals surface area contributed by atoms with Gasteiger partial charge in [-0.05, 0) is 11.1 Å². The third-order valence-electron chi connectivity index (χ3n) is 3.54. The number of carboxylic acid groups (broad SMARTS) is 1. The summed E-state index contributed by atoms with van der Waals surface area (Å²) in [6.45, 7) is 2.39. The van der Waals surface area contributed by atoms with Crippen LogP contribution in [0.4, 0.5) is 0 Å². The largest absolute Gasteiger partial charge is 0.480 e. The van der Waals surface area contributed by atoms with Crippen LogP contribution in [0, 0.1) is 0 Å². The first-order valence-corrected chi connectivity index (χ1v) is 7.19. The molecule has 2 aliphatic heterocycles. The maximum absolute atomic E-state index is 11.5. The monoisotopic (exact) mass is 264 g/mol. The lowest BCUT2D eigenvalue weighted by molar-refractivity contribution is -0.143. The van der Waals surface area contributed by atoms with Crippen molar-refractivity contribution in [2.75, 3.05) is 12.3 Å². The first kappa shape index (κ1) is 12.0. The van der Waals surface area contributed by atoms with Gasteiger partial charge in [0.2, 0.25) is 0 Å². The van der Waals surface area contributed by atoms with Crippen LogP contribution in [0.1, 0.15) is 11.1 Å². The summed E-state index contributed by atoms with van der Waals surface area (Å²) in [5.41, 5.74) is 2.51. The molecule has 0 aliphatic carbocycles. The van der Waals surface area contributed by atoms with Gasteiger partial charge in [0.15, 0.2) is 0 Å². The number of hydrogen-bond donors (Lipinski definition) is 2. The molecule has 96 valence electrons. The maximum Gasteiger partial charge on any atom is 0.323 e. The van der Waals surface area contributed by atoms with Gasteiger partial charge in [0.05, 0.1) is 5.37 Å². The van der Waals surface area contributed by atoms with Crippen LogP contribution in [0.3, 0.4) is 0 Å². The molecule has 0 bridgehead atoms. The summed E-state index contributed by atoms with van der Waals surface area (Å²) < 4.78 is 0. The van der Waals surface area contributed by atoms with Gasteiger partial charge in [0.1, 0.15) is 6.04 Å². The van der Waals surface area contributed by atoms with Crippen molar-refractivity contribution in [3.8, 4) is 0 Å². The van der Waals surface area contributed by atoms with Gasteiger partial charge in [-0.3, -0.25) is 9.69 Å². The molecule has 2 heterocycles. The van der Waals surface area contributed by atoms with Crippen LogP contribution in [0.5, 0.6) is 0 Å². The van der Waals surface area contributed by atoms with E-state index >= 15 is 0 Å². The Morgan fingerprint density at radius 3 is 2.56 bits per heavy atom. The van der Waals surface area contributed by atoms with Crippen LogP contribution in [0.15, 0.2) is 24.3 Å². The highest BCUT2D eigenvalue weighted by Gasteiger charge is 2.38. The molecule has 0 saturated carbocycles. The van der Waals surface area contributed by atoms with Crippen molar-refractivity contribution in [1.29, 1.82) is 0 Å². The topological polar surface area (TPSA) is 52.6 Å². The molecule has 1 aromatic rings. The number of carboxylic acids is 1. The van der Waals surface area contributed by atoms with E-state index in [-0.39, 0.29) is 5.37 Å². The Labute approximate surface area is 110 Å². The van der Waals surface area contributed by atoms with Crippen molar-refractivity contribution < 1.29 is 9.90 Å². The molecule has 0 amide bonds. The molecular weight excluding hydrogens is 248 g/mol. The molecular formula is C13H16N2O2S. The second kappa shape index (κ2) is 4.91. The van der Waals surface area contributed by atoms with Crippen molar-refractivity contribution in [3.63, 3.8) is 0 Å². The first-order chi connectivity index (χ1) is 8.75. The van der Waals surface area contributed by atoms with Gasteiger partial charge in [-0.15, -0.1) is 11.8 Å². The second-order valence-electron chi connectivity index (χ2n) is 4.70. The van der Waals surface area contributed by atoms with Gasteiger partial charge in [0, 0.05) is 25.4 Å². The summed E-state index contributed by atoms with van der Waals surface area (Å²) in [4.78, 5) is 13.6. The highest BCUT2D eigenvalue weighted by atomic mass is 32.2. The summed E-state index contributed by atoms with van der Waals surface area (Å²) in [7, 11) is 0. The first-order valence-electron chi connectivity index (χ1n) is 6.14. The van der Waals surface area contributed by atoms with E-state index in [2.05, 4.69) is 22.3 Å². The fourth-order valence-corrected chi connectivity index (χ4v) is 3.88. The Kier molecular flexibility index (Phi) is 3.28. The van der Waals surface area contributed by atoms with Crippen LogP contribution in [-0.2, 0) is 17.9 Å². The molecule has 2 N–H and O–H groups in total. The predicted molar refractivity (Wildman–Crippen MR) is 71.4 cm³/mol. The number of fused-ring (bicyclic) bond motifs is 1. The predicted octanol–water partition coefficient (Wildman–Crippen LogP) is 1.12. The van der Waals surface area contributed by atoms with Crippen LogP contribution in [-0.4, -0.2) is 39.7 Å². The maximum atomic E-state index is 11.5. The van der Waals surface area contributed by atoms with E-state index in [1.54, 1.807) is 11.8 Å². The fraction of sp³-hybridized carbons (Fsp3) is 0.462. The normalized spacial score (nSPS) is 25.0. The number of nitrogens with one attached hydrogen (secondary N) is 1. The molecule has 1 fully saturated rings. The minimum absolute atomic E-state index is 0.0109. The second-order valence-corrected chi connectivity index (χ2v) is 5.95. The quantitative estimate of drug-likeness (QED) is 0.857. The molecule has 5 heteroatoms. The summed E-state index contributed by atoms with van der Waals surface area (Å²) in [6.07, 6.45) is 0. The van der Waals surface area contributed by atoms with Gasteiger partial charge in [0.25, 0.3) is 0 Å². The van der Waals surface area contributed by atoms with E-state index in [1.165, 1.54) is 11.1 Å². The van der Waals surface area contributed by atoms with E-state index in [0.717, 1.165) is 25.4 Å². The minimum atomic E-state index is -0.727. The molecule has 0 spiro atoms. The van der Waals surface area contributed by atoms with Gasteiger partial charge >= 0.3 is 5.97 Å². The van der Waals surface area contributed by atoms with Crippen molar-refractivity contribution >= 4 is 17.7 Å². The van der Waals surface area contributed by atoms with Crippen molar-refractivity contribution in [1.82, 2.24) is 10.2 Å². The van der Waals surface area contributed by atoms with Gasteiger partial charge in [-0.25, -0.2) is 0 Å². The molecule has 1 aromatic carbocycles. The summed E-state index contributed by atoms with van der Waals surface area (Å²) >= 11 is 1.71. The summed E-state index contributed by atoms with van der Waals surface area (Å²) in [5, 5.41) is 12.8. The van der Waals surface area contributed by atoms with Crippen LogP contribution < -0.4 is 5.32 Å². The van der Waals surface area contributed by atoms with Gasteiger partial charge in [-0.1, -0.05) is 24.3 Å².